The van der Waals surface area contributed by atoms with E-state index in [0.29, 0.717) is 0 Å². The molecule has 0 aliphatic rings. The van der Waals surface area contributed by atoms with Crippen LogP contribution >= 0.6 is 15.9 Å². The van der Waals surface area contributed by atoms with E-state index in [-0.39, 0.29) is 0 Å². The van der Waals surface area contributed by atoms with Crippen molar-refractivity contribution in [3.05, 3.63) is 33.3 Å². The van der Waals surface area contributed by atoms with Gasteiger partial charge in [-0.05, 0) is 29.8 Å². The second-order valence-corrected chi connectivity index (χ2v) is 5.28. The normalized spacial score (nSPS) is 11.2. The molecule has 0 aliphatic carbocycles. The summed E-state index contributed by atoms with van der Waals surface area (Å²) in [7, 11) is 3.90. The quantitative estimate of drug-likeness (QED) is 0.937. The average Bonchev–Trinajstić information content (AvgIpc) is 2.73. The molecule has 6 heteroatoms. The van der Waals surface area contributed by atoms with Gasteiger partial charge in [-0.3, -0.25) is 9.36 Å². The maximum Gasteiger partial charge on any atom is 0.0739 e. The SMILES string of the molecule is Cc1nn(C)cc1CNCc1c(Br)c(C)nn1C. The lowest BCUT2D eigenvalue weighted by Crippen LogP contribution is -2.15. The molecule has 0 bridgehead atoms. The molecule has 2 aromatic rings. The number of nitrogens with one attached hydrogen (secondary N) is 1. The standard InChI is InChI=1S/C12H18BrN5/c1-8-10(7-17(3)15-8)5-14-6-11-12(13)9(2)16-18(11)4/h7,14H,5-6H2,1-4H3. The van der Waals surface area contributed by atoms with Crippen molar-refractivity contribution < 1.29 is 0 Å². The monoisotopic (exact) mass is 311 g/mol. The molecule has 0 aliphatic heterocycles. The van der Waals surface area contributed by atoms with E-state index in [1.807, 2.05) is 43.5 Å². The molecule has 0 saturated heterocycles. The van der Waals surface area contributed by atoms with Gasteiger partial charge in [-0.1, -0.05) is 0 Å². The molecule has 98 valence electrons. The fourth-order valence-electron chi connectivity index (χ4n) is 2.01. The van der Waals surface area contributed by atoms with Crippen LogP contribution in [0.3, 0.4) is 0 Å². The summed E-state index contributed by atoms with van der Waals surface area (Å²) in [5.74, 6) is 0. The molecule has 0 spiro atoms. The summed E-state index contributed by atoms with van der Waals surface area (Å²) in [6, 6.07) is 0. The van der Waals surface area contributed by atoms with Crippen LogP contribution in [0.4, 0.5) is 0 Å². The van der Waals surface area contributed by atoms with Crippen LogP contribution in [0, 0.1) is 13.8 Å². The summed E-state index contributed by atoms with van der Waals surface area (Å²) in [5, 5.41) is 12.1. The molecule has 0 aromatic carbocycles. The van der Waals surface area contributed by atoms with E-state index >= 15 is 0 Å². The highest BCUT2D eigenvalue weighted by Crippen LogP contribution is 2.19. The van der Waals surface area contributed by atoms with Gasteiger partial charge in [0, 0.05) is 38.9 Å². The first kappa shape index (κ1) is 13.3. The first-order valence-corrected chi connectivity index (χ1v) is 6.66. The fraction of sp³-hybridized carbons (Fsp3) is 0.500. The molecule has 2 heterocycles. The van der Waals surface area contributed by atoms with Crippen LogP contribution in [0.2, 0.25) is 0 Å². The summed E-state index contributed by atoms with van der Waals surface area (Å²) in [4.78, 5) is 0. The number of halogens is 1. The van der Waals surface area contributed by atoms with Crippen LogP contribution < -0.4 is 5.32 Å². The number of aryl methyl sites for hydroxylation is 4. The minimum absolute atomic E-state index is 0.784. The van der Waals surface area contributed by atoms with Crippen molar-refractivity contribution in [3.63, 3.8) is 0 Å². The maximum absolute atomic E-state index is 4.37. The highest BCUT2D eigenvalue weighted by atomic mass is 79.9. The van der Waals surface area contributed by atoms with Crippen molar-refractivity contribution in [2.45, 2.75) is 26.9 Å². The number of hydrogen-bond donors (Lipinski definition) is 1. The van der Waals surface area contributed by atoms with Crippen molar-refractivity contribution in [1.29, 1.82) is 0 Å². The van der Waals surface area contributed by atoms with Gasteiger partial charge < -0.3 is 5.32 Å². The van der Waals surface area contributed by atoms with Crippen molar-refractivity contribution >= 4 is 15.9 Å². The Morgan fingerprint density at radius 3 is 2.39 bits per heavy atom. The van der Waals surface area contributed by atoms with Gasteiger partial charge in [0.25, 0.3) is 0 Å². The summed E-state index contributed by atoms with van der Waals surface area (Å²) < 4.78 is 4.83. The Balaban J connectivity index is 1.98. The molecule has 5 nitrogen and oxygen atoms in total. The molecule has 0 atom stereocenters. The van der Waals surface area contributed by atoms with Crippen molar-refractivity contribution in [3.8, 4) is 0 Å². The Morgan fingerprint density at radius 2 is 1.89 bits per heavy atom. The predicted octanol–water partition coefficient (Wildman–Crippen LogP) is 1.82. The van der Waals surface area contributed by atoms with Gasteiger partial charge in [-0.2, -0.15) is 10.2 Å². The van der Waals surface area contributed by atoms with E-state index < -0.39 is 0 Å². The Morgan fingerprint density at radius 1 is 1.17 bits per heavy atom. The zero-order valence-corrected chi connectivity index (χ0v) is 12.7. The first-order chi connectivity index (χ1) is 8.49. The van der Waals surface area contributed by atoms with Crippen LogP contribution in [0.15, 0.2) is 10.7 Å². The summed E-state index contributed by atoms with van der Waals surface area (Å²) >= 11 is 3.57. The molecule has 2 rings (SSSR count). The summed E-state index contributed by atoms with van der Waals surface area (Å²) in [6.07, 6.45) is 2.05. The summed E-state index contributed by atoms with van der Waals surface area (Å²) in [5.41, 5.74) is 4.48. The molecule has 18 heavy (non-hydrogen) atoms. The molecule has 0 amide bonds. The molecular formula is C12H18BrN5. The van der Waals surface area contributed by atoms with Crippen molar-refractivity contribution in [2.24, 2.45) is 14.1 Å². The van der Waals surface area contributed by atoms with Gasteiger partial charge in [0.2, 0.25) is 0 Å². The van der Waals surface area contributed by atoms with Crippen LogP contribution in [0.1, 0.15) is 22.6 Å². The molecule has 1 N–H and O–H groups in total. The van der Waals surface area contributed by atoms with Gasteiger partial charge in [0.05, 0.1) is 21.6 Å². The number of rotatable bonds is 4. The van der Waals surface area contributed by atoms with E-state index in [4.69, 9.17) is 0 Å². The third kappa shape index (κ3) is 2.64. The minimum atomic E-state index is 0.784. The first-order valence-electron chi connectivity index (χ1n) is 5.87. The molecular weight excluding hydrogens is 294 g/mol. The average molecular weight is 312 g/mol. The van der Waals surface area contributed by atoms with E-state index in [9.17, 15) is 0 Å². The van der Waals surface area contributed by atoms with Crippen LogP contribution in [0.5, 0.6) is 0 Å². The number of hydrogen-bond acceptors (Lipinski definition) is 3. The Hall–Kier alpha value is -1.14. The van der Waals surface area contributed by atoms with Crippen LogP contribution in [-0.4, -0.2) is 19.6 Å². The minimum Gasteiger partial charge on any atom is -0.307 e. The van der Waals surface area contributed by atoms with Crippen molar-refractivity contribution in [2.75, 3.05) is 0 Å². The Kier molecular flexibility index (Phi) is 3.87. The third-order valence-electron chi connectivity index (χ3n) is 2.98. The largest absolute Gasteiger partial charge is 0.307 e. The highest BCUT2D eigenvalue weighted by molar-refractivity contribution is 9.10. The molecule has 0 fully saturated rings. The predicted molar refractivity (Wildman–Crippen MR) is 74.1 cm³/mol. The molecule has 0 saturated carbocycles. The van der Waals surface area contributed by atoms with Crippen molar-refractivity contribution in [1.82, 2.24) is 24.9 Å². The third-order valence-corrected chi connectivity index (χ3v) is 4.02. The van der Waals surface area contributed by atoms with Gasteiger partial charge in [0.15, 0.2) is 0 Å². The lowest BCUT2D eigenvalue weighted by atomic mass is 10.2. The van der Waals surface area contributed by atoms with E-state index in [1.165, 1.54) is 5.56 Å². The lowest BCUT2D eigenvalue weighted by molar-refractivity contribution is 0.622. The number of aromatic nitrogens is 4. The zero-order chi connectivity index (χ0) is 13.3. The topological polar surface area (TPSA) is 47.7 Å². The smallest absolute Gasteiger partial charge is 0.0739 e. The second-order valence-electron chi connectivity index (χ2n) is 4.49. The van der Waals surface area contributed by atoms with E-state index in [0.717, 1.165) is 34.6 Å². The maximum atomic E-state index is 4.37. The fourth-order valence-corrected chi connectivity index (χ4v) is 2.49. The Bertz CT molecular complexity index is 555. The second kappa shape index (κ2) is 5.24. The number of nitrogens with zero attached hydrogens (tertiary/aromatic N) is 4. The van der Waals surface area contributed by atoms with Crippen LogP contribution in [-0.2, 0) is 27.2 Å². The van der Waals surface area contributed by atoms with E-state index in [1.54, 1.807) is 0 Å². The highest BCUT2D eigenvalue weighted by Gasteiger charge is 2.10. The van der Waals surface area contributed by atoms with Gasteiger partial charge in [-0.25, -0.2) is 0 Å². The van der Waals surface area contributed by atoms with E-state index in [2.05, 4.69) is 31.4 Å². The van der Waals surface area contributed by atoms with Gasteiger partial charge in [0.1, 0.15) is 0 Å². The molecule has 0 unspecified atom stereocenters. The molecule has 0 radical (unpaired) electrons. The lowest BCUT2D eigenvalue weighted by Gasteiger charge is -2.05. The van der Waals surface area contributed by atoms with Gasteiger partial charge in [-0.15, -0.1) is 0 Å². The zero-order valence-electron chi connectivity index (χ0n) is 11.2. The Labute approximate surface area is 115 Å². The van der Waals surface area contributed by atoms with Gasteiger partial charge >= 0.3 is 0 Å². The summed E-state index contributed by atoms with van der Waals surface area (Å²) in [6.45, 7) is 5.63. The molecule has 2 aromatic heterocycles. The van der Waals surface area contributed by atoms with Crippen LogP contribution in [0.25, 0.3) is 0 Å².